The molecule has 8 heteroatoms. The lowest BCUT2D eigenvalue weighted by Crippen LogP contribution is -2.27. The van der Waals surface area contributed by atoms with Crippen LogP contribution in [0.25, 0.3) is 21.7 Å². The Morgan fingerprint density at radius 2 is 1.97 bits per heavy atom. The number of hydrogen-bond donors (Lipinski definition) is 3. The smallest absolute Gasteiger partial charge is 0.355 e. The Bertz CT molecular complexity index is 1380. The zero-order valence-corrected chi connectivity index (χ0v) is 18.7. The van der Waals surface area contributed by atoms with Crippen LogP contribution in [0.3, 0.4) is 0 Å². The molecule has 0 aliphatic carbocycles. The molecule has 0 unspecified atom stereocenters. The number of H-pyrrole nitrogens is 1. The molecular formula is C25H22ClN5O2. The topological polar surface area (TPSA) is 102 Å². The average molecular weight is 460 g/mol. The number of benzene rings is 3. The van der Waals surface area contributed by atoms with E-state index in [2.05, 4.69) is 20.6 Å². The number of hydrogen-bond acceptors (Lipinski definition) is 4. The first kappa shape index (κ1) is 22.2. The van der Waals surface area contributed by atoms with Gasteiger partial charge in [0.05, 0.1) is 6.61 Å². The number of guanidine groups is 1. The Morgan fingerprint density at radius 1 is 1.15 bits per heavy atom. The van der Waals surface area contributed by atoms with Gasteiger partial charge in [0.15, 0.2) is 6.19 Å². The Balaban J connectivity index is 1.61. The third-order valence-electron chi connectivity index (χ3n) is 5.20. The second-order valence-corrected chi connectivity index (χ2v) is 7.69. The van der Waals surface area contributed by atoms with Crippen LogP contribution in [-0.2, 0) is 11.2 Å². The second-order valence-electron chi connectivity index (χ2n) is 7.26. The second kappa shape index (κ2) is 10.1. The number of anilines is 1. The molecule has 0 fully saturated rings. The molecule has 0 aliphatic rings. The maximum absolute atomic E-state index is 12.5. The van der Waals surface area contributed by atoms with E-state index in [1.54, 1.807) is 13.0 Å². The van der Waals surface area contributed by atoms with Crippen LogP contribution in [0.2, 0.25) is 5.02 Å². The van der Waals surface area contributed by atoms with E-state index in [4.69, 9.17) is 16.3 Å². The molecule has 0 spiro atoms. The lowest BCUT2D eigenvalue weighted by atomic mass is 10.1. The van der Waals surface area contributed by atoms with Gasteiger partial charge < -0.3 is 15.0 Å². The van der Waals surface area contributed by atoms with Crippen LogP contribution in [0.1, 0.15) is 23.0 Å². The number of halogens is 1. The van der Waals surface area contributed by atoms with Crippen molar-refractivity contribution in [1.82, 2.24) is 10.3 Å². The third kappa shape index (κ3) is 4.92. The maximum Gasteiger partial charge on any atom is 0.355 e. The summed E-state index contributed by atoms with van der Waals surface area (Å²) >= 11 is 6.19. The number of aliphatic imine (C=N–C) groups is 1. The summed E-state index contributed by atoms with van der Waals surface area (Å²) in [5.74, 6) is -0.0996. The highest BCUT2D eigenvalue weighted by molar-refractivity contribution is 6.31. The predicted molar refractivity (Wildman–Crippen MR) is 132 cm³/mol. The number of carbonyl (C=O) groups excluding carboxylic acids is 1. The molecule has 0 aliphatic heterocycles. The number of nitriles is 1. The fourth-order valence-electron chi connectivity index (χ4n) is 3.76. The SMILES string of the molecule is CCOC(=O)c1[nH]c2ccc(Cl)cc2c1CCN=C(NC#N)Nc1cccc2ccccc12. The average Bonchev–Trinajstić information content (AvgIpc) is 3.17. The number of rotatable bonds is 6. The summed E-state index contributed by atoms with van der Waals surface area (Å²) in [5, 5.41) is 18.5. The van der Waals surface area contributed by atoms with Gasteiger partial charge in [0, 0.05) is 33.5 Å². The van der Waals surface area contributed by atoms with Crippen LogP contribution >= 0.6 is 11.6 Å². The fraction of sp³-hybridized carbons (Fsp3) is 0.160. The molecule has 3 N–H and O–H groups in total. The molecule has 4 rings (SSSR count). The number of carbonyl (C=O) groups is 1. The summed E-state index contributed by atoms with van der Waals surface area (Å²) in [5.41, 5.74) is 2.80. The highest BCUT2D eigenvalue weighted by Gasteiger charge is 2.19. The largest absolute Gasteiger partial charge is 0.461 e. The number of nitrogens with one attached hydrogen (secondary N) is 3. The van der Waals surface area contributed by atoms with E-state index in [9.17, 15) is 10.1 Å². The van der Waals surface area contributed by atoms with Crippen LogP contribution < -0.4 is 10.6 Å². The molecule has 3 aromatic carbocycles. The van der Waals surface area contributed by atoms with Gasteiger partial charge in [-0.2, -0.15) is 5.26 Å². The summed E-state index contributed by atoms with van der Waals surface area (Å²) < 4.78 is 5.21. The van der Waals surface area contributed by atoms with Gasteiger partial charge in [-0.1, -0.05) is 48.0 Å². The van der Waals surface area contributed by atoms with Gasteiger partial charge in [-0.25, -0.2) is 4.79 Å². The van der Waals surface area contributed by atoms with Crippen LogP contribution in [0, 0.1) is 11.5 Å². The molecule has 7 nitrogen and oxygen atoms in total. The number of esters is 1. The first-order valence-electron chi connectivity index (χ1n) is 10.5. The maximum atomic E-state index is 12.5. The molecule has 1 aromatic heterocycles. The van der Waals surface area contributed by atoms with Gasteiger partial charge in [-0.3, -0.25) is 10.3 Å². The first-order valence-corrected chi connectivity index (χ1v) is 10.9. The Labute approximate surface area is 196 Å². The minimum absolute atomic E-state index is 0.276. The Hall–Kier alpha value is -4.02. The summed E-state index contributed by atoms with van der Waals surface area (Å²) in [7, 11) is 0. The minimum atomic E-state index is -0.423. The lowest BCUT2D eigenvalue weighted by Gasteiger charge is -2.11. The molecule has 0 saturated heterocycles. The monoisotopic (exact) mass is 459 g/mol. The van der Waals surface area contributed by atoms with E-state index in [0.29, 0.717) is 29.6 Å². The van der Waals surface area contributed by atoms with Crippen molar-refractivity contribution in [3.8, 4) is 6.19 Å². The number of nitrogens with zero attached hydrogens (tertiary/aromatic N) is 2. The zero-order chi connectivity index (χ0) is 23.2. The van der Waals surface area contributed by atoms with Gasteiger partial charge in [0.1, 0.15) is 5.69 Å². The van der Waals surface area contributed by atoms with Crippen molar-refractivity contribution in [2.24, 2.45) is 4.99 Å². The van der Waals surface area contributed by atoms with E-state index in [1.165, 1.54) is 0 Å². The van der Waals surface area contributed by atoms with Gasteiger partial charge in [0.2, 0.25) is 5.96 Å². The highest BCUT2D eigenvalue weighted by atomic mass is 35.5. The molecule has 0 bridgehead atoms. The van der Waals surface area contributed by atoms with E-state index in [-0.39, 0.29) is 6.61 Å². The Morgan fingerprint density at radius 3 is 2.79 bits per heavy atom. The van der Waals surface area contributed by atoms with E-state index in [0.717, 1.165) is 32.9 Å². The number of aromatic amines is 1. The summed E-state index contributed by atoms with van der Waals surface area (Å²) in [4.78, 5) is 20.2. The molecule has 33 heavy (non-hydrogen) atoms. The fourth-order valence-corrected chi connectivity index (χ4v) is 3.93. The molecule has 0 radical (unpaired) electrons. The van der Waals surface area contributed by atoms with Crippen LogP contribution in [0.15, 0.2) is 65.7 Å². The number of aromatic nitrogens is 1. The van der Waals surface area contributed by atoms with Crippen LogP contribution in [-0.4, -0.2) is 30.1 Å². The molecule has 166 valence electrons. The zero-order valence-electron chi connectivity index (χ0n) is 18.0. The van der Waals surface area contributed by atoms with Gasteiger partial charge in [-0.15, -0.1) is 0 Å². The molecule has 4 aromatic rings. The van der Waals surface area contributed by atoms with E-state index in [1.807, 2.05) is 60.8 Å². The van der Waals surface area contributed by atoms with Crippen molar-refractivity contribution in [3.63, 3.8) is 0 Å². The molecule has 0 amide bonds. The van der Waals surface area contributed by atoms with Gasteiger partial charge in [-0.05, 0) is 48.6 Å². The lowest BCUT2D eigenvalue weighted by molar-refractivity contribution is 0.0519. The normalized spacial score (nSPS) is 11.4. The van der Waals surface area contributed by atoms with Crippen molar-refractivity contribution in [2.75, 3.05) is 18.5 Å². The standard InChI is InChI=1S/C25H22ClN5O2/c1-2-33-24(32)23-19(20-14-17(26)10-11-22(20)30-23)12-13-28-25(29-15-27)31-21-9-5-7-16-6-3-4-8-18(16)21/h3-11,14,30H,2,12-13H2,1H3,(H2,28,29,31). The summed E-state index contributed by atoms with van der Waals surface area (Å²) in [6.45, 7) is 2.37. The summed E-state index contributed by atoms with van der Waals surface area (Å²) in [6, 6.07) is 19.3. The van der Waals surface area contributed by atoms with E-state index >= 15 is 0 Å². The van der Waals surface area contributed by atoms with Gasteiger partial charge in [0.25, 0.3) is 0 Å². The van der Waals surface area contributed by atoms with Crippen LogP contribution in [0.5, 0.6) is 0 Å². The predicted octanol–water partition coefficient (Wildman–Crippen LogP) is 5.23. The molecular weight excluding hydrogens is 438 g/mol. The van der Waals surface area contributed by atoms with Gasteiger partial charge >= 0.3 is 5.97 Å². The van der Waals surface area contributed by atoms with Crippen molar-refractivity contribution in [1.29, 1.82) is 5.26 Å². The van der Waals surface area contributed by atoms with E-state index < -0.39 is 5.97 Å². The van der Waals surface area contributed by atoms with Crippen molar-refractivity contribution < 1.29 is 9.53 Å². The highest BCUT2D eigenvalue weighted by Crippen LogP contribution is 2.27. The quantitative estimate of drug-likeness (QED) is 0.120. The number of ether oxygens (including phenoxy) is 1. The molecule has 0 atom stereocenters. The number of fused-ring (bicyclic) bond motifs is 2. The summed E-state index contributed by atoms with van der Waals surface area (Å²) in [6.07, 6.45) is 2.37. The third-order valence-corrected chi connectivity index (χ3v) is 5.43. The Kier molecular flexibility index (Phi) is 6.77. The van der Waals surface area contributed by atoms with Crippen molar-refractivity contribution in [3.05, 3.63) is 76.9 Å². The van der Waals surface area contributed by atoms with Crippen molar-refractivity contribution in [2.45, 2.75) is 13.3 Å². The molecule has 1 heterocycles. The van der Waals surface area contributed by atoms with Crippen molar-refractivity contribution >= 4 is 50.9 Å². The molecule has 0 saturated carbocycles. The van der Waals surface area contributed by atoms with Crippen LogP contribution in [0.4, 0.5) is 5.69 Å². The minimum Gasteiger partial charge on any atom is -0.461 e. The first-order chi connectivity index (χ1) is 16.1.